The summed E-state index contributed by atoms with van der Waals surface area (Å²) in [6.45, 7) is 1.83. The molecule has 0 unspecified atom stereocenters. The van der Waals surface area contributed by atoms with Crippen LogP contribution < -0.4 is 5.69 Å². The summed E-state index contributed by atoms with van der Waals surface area (Å²) in [5, 5.41) is 10.1. The number of aryl methyl sites for hydroxylation is 2. The van der Waals surface area contributed by atoms with Gasteiger partial charge in [0.05, 0.1) is 22.7 Å². The molecule has 2 aromatic rings. The molecule has 1 N–H and O–H groups in total. The molecule has 0 atom stereocenters. The monoisotopic (exact) mass is 312 g/mol. The van der Waals surface area contributed by atoms with E-state index < -0.39 is 11.7 Å². The lowest BCUT2D eigenvalue weighted by Gasteiger charge is -2.12. The first-order valence-corrected chi connectivity index (χ1v) is 7.50. The number of hydrogen-bond donors (Lipinski definition) is 1. The van der Waals surface area contributed by atoms with Gasteiger partial charge in [0.2, 0.25) is 0 Å². The fourth-order valence-corrected chi connectivity index (χ4v) is 2.88. The summed E-state index contributed by atoms with van der Waals surface area (Å²) in [4.78, 5) is 27.5. The number of halogens is 1. The topological polar surface area (TPSA) is 72.2 Å². The fourth-order valence-electron chi connectivity index (χ4n) is 2.00. The molecule has 0 fully saturated rings. The third kappa shape index (κ3) is 2.81. The average Bonchev–Trinajstić information content (AvgIpc) is 2.37. The predicted octanol–water partition coefficient (Wildman–Crippen LogP) is 2.55. The highest BCUT2D eigenvalue weighted by Crippen LogP contribution is 2.30. The minimum atomic E-state index is -0.961. The summed E-state index contributed by atoms with van der Waals surface area (Å²) in [7, 11) is 0. The number of fused-ring (bicyclic) bond motifs is 1. The maximum absolute atomic E-state index is 11.9. The van der Waals surface area contributed by atoms with Crippen molar-refractivity contribution in [1.29, 1.82) is 0 Å². The van der Waals surface area contributed by atoms with Gasteiger partial charge in [-0.05, 0) is 25.3 Å². The molecule has 0 saturated heterocycles. The van der Waals surface area contributed by atoms with Crippen LogP contribution in [0.3, 0.4) is 0 Å². The van der Waals surface area contributed by atoms with Crippen molar-refractivity contribution in [2.45, 2.75) is 24.8 Å². The quantitative estimate of drug-likeness (QED) is 0.878. The van der Waals surface area contributed by atoms with Crippen molar-refractivity contribution >= 4 is 40.2 Å². The van der Waals surface area contributed by atoms with E-state index in [2.05, 4.69) is 4.98 Å². The van der Waals surface area contributed by atoms with E-state index in [1.165, 1.54) is 16.3 Å². The van der Waals surface area contributed by atoms with Crippen molar-refractivity contribution in [3.63, 3.8) is 0 Å². The molecule has 0 aliphatic heterocycles. The van der Waals surface area contributed by atoms with Gasteiger partial charge in [-0.3, -0.25) is 9.36 Å². The Bertz CT molecular complexity index is 742. The molecule has 7 heteroatoms. The molecular weight excluding hydrogens is 300 g/mol. The number of aliphatic carboxylic acids is 1. The van der Waals surface area contributed by atoms with E-state index in [1.54, 1.807) is 13.0 Å². The number of rotatable bonds is 4. The lowest BCUT2D eigenvalue weighted by atomic mass is 10.2. The standard InChI is InChI=1S/C13H13ClN2O3S/c1-7-8-5-11(20-2)9(14)6-10(8)16(13(19)15-7)4-3-12(17)18/h5-6H,3-4H2,1-2H3,(H,17,18). The normalized spacial score (nSPS) is 10.9. The molecular formula is C13H13ClN2O3S. The van der Waals surface area contributed by atoms with Gasteiger partial charge < -0.3 is 5.11 Å². The van der Waals surface area contributed by atoms with E-state index in [0.29, 0.717) is 16.2 Å². The van der Waals surface area contributed by atoms with Crippen molar-refractivity contribution in [1.82, 2.24) is 9.55 Å². The minimum absolute atomic E-state index is 0.0763. The summed E-state index contributed by atoms with van der Waals surface area (Å²) in [5.74, 6) is -0.961. The number of carbonyl (C=O) groups is 1. The maximum Gasteiger partial charge on any atom is 0.348 e. The van der Waals surface area contributed by atoms with Crippen molar-refractivity contribution in [2.75, 3.05) is 6.26 Å². The second-order valence-corrected chi connectivity index (χ2v) is 5.53. The predicted molar refractivity (Wildman–Crippen MR) is 79.8 cm³/mol. The molecule has 0 aliphatic rings. The molecule has 1 heterocycles. The second kappa shape index (κ2) is 5.85. The minimum Gasteiger partial charge on any atom is -0.481 e. The van der Waals surface area contributed by atoms with E-state index in [-0.39, 0.29) is 13.0 Å². The third-order valence-electron chi connectivity index (χ3n) is 2.99. The van der Waals surface area contributed by atoms with Crippen LogP contribution in [0.15, 0.2) is 21.8 Å². The van der Waals surface area contributed by atoms with Crippen LogP contribution in [0.2, 0.25) is 5.02 Å². The molecule has 1 aromatic heterocycles. The van der Waals surface area contributed by atoms with Gasteiger partial charge >= 0.3 is 11.7 Å². The van der Waals surface area contributed by atoms with Crippen LogP contribution in [-0.2, 0) is 11.3 Å². The van der Waals surface area contributed by atoms with Crippen molar-refractivity contribution < 1.29 is 9.90 Å². The van der Waals surface area contributed by atoms with Crippen molar-refractivity contribution in [2.24, 2.45) is 0 Å². The first-order chi connectivity index (χ1) is 9.43. The highest BCUT2D eigenvalue weighted by molar-refractivity contribution is 7.98. The lowest BCUT2D eigenvalue weighted by Crippen LogP contribution is -2.25. The maximum atomic E-state index is 11.9. The van der Waals surface area contributed by atoms with Gasteiger partial charge in [0.1, 0.15) is 0 Å². The summed E-state index contributed by atoms with van der Waals surface area (Å²) >= 11 is 7.68. The molecule has 0 bridgehead atoms. The number of benzene rings is 1. The van der Waals surface area contributed by atoms with Gasteiger partial charge in [-0.1, -0.05) is 11.6 Å². The highest BCUT2D eigenvalue weighted by atomic mass is 35.5. The Balaban J connectivity index is 2.70. The number of carboxylic acid groups (broad SMARTS) is 1. The SMILES string of the molecule is CSc1cc2c(C)nc(=O)n(CCC(=O)O)c2cc1Cl. The van der Waals surface area contributed by atoms with E-state index in [1.807, 2.05) is 12.3 Å². The van der Waals surface area contributed by atoms with E-state index in [4.69, 9.17) is 16.7 Å². The second-order valence-electron chi connectivity index (χ2n) is 4.28. The van der Waals surface area contributed by atoms with Crippen LogP contribution in [0.4, 0.5) is 0 Å². The summed E-state index contributed by atoms with van der Waals surface area (Å²) in [6.07, 6.45) is 1.78. The molecule has 0 spiro atoms. The smallest absolute Gasteiger partial charge is 0.348 e. The first-order valence-electron chi connectivity index (χ1n) is 5.90. The Morgan fingerprint density at radius 2 is 2.20 bits per heavy atom. The zero-order valence-electron chi connectivity index (χ0n) is 11.0. The molecule has 20 heavy (non-hydrogen) atoms. The van der Waals surface area contributed by atoms with Gasteiger partial charge in [0, 0.05) is 16.8 Å². The van der Waals surface area contributed by atoms with E-state index in [0.717, 1.165) is 10.3 Å². The summed E-state index contributed by atoms with van der Waals surface area (Å²) in [6, 6.07) is 3.57. The van der Waals surface area contributed by atoms with Crippen molar-refractivity contribution in [3.8, 4) is 0 Å². The van der Waals surface area contributed by atoms with Crippen LogP contribution in [0.5, 0.6) is 0 Å². The Hall–Kier alpha value is -1.53. The zero-order chi connectivity index (χ0) is 14.9. The molecule has 1 aromatic carbocycles. The molecule has 2 rings (SSSR count). The van der Waals surface area contributed by atoms with Gasteiger partial charge in [-0.25, -0.2) is 4.79 Å². The third-order valence-corrected chi connectivity index (χ3v) is 4.20. The van der Waals surface area contributed by atoms with Crippen LogP contribution in [-0.4, -0.2) is 26.9 Å². The highest BCUT2D eigenvalue weighted by Gasteiger charge is 2.12. The number of nitrogens with zero attached hydrogens (tertiary/aromatic N) is 2. The average molecular weight is 313 g/mol. The van der Waals surface area contributed by atoms with Crippen LogP contribution in [0.1, 0.15) is 12.1 Å². The number of hydrogen-bond acceptors (Lipinski definition) is 4. The van der Waals surface area contributed by atoms with Crippen LogP contribution in [0.25, 0.3) is 10.9 Å². The summed E-state index contributed by atoms with van der Waals surface area (Å²) < 4.78 is 1.35. The van der Waals surface area contributed by atoms with Gasteiger partial charge in [-0.15, -0.1) is 11.8 Å². The van der Waals surface area contributed by atoms with Crippen LogP contribution >= 0.6 is 23.4 Å². The van der Waals surface area contributed by atoms with Crippen LogP contribution in [0, 0.1) is 6.92 Å². The molecule has 0 amide bonds. The van der Waals surface area contributed by atoms with Gasteiger partial charge in [0.15, 0.2) is 0 Å². The Morgan fingerprint density at radius 1 is 1.50 bits per heavy atom. The van der Waals surface area contributed by atoms with E-state index >= 15 is 0 Å². The Labute approximate surface area is 124 Å². The zero-order valence-corrected chi connectivity index (χ0v) is 12.6. The van der Waals surface area contributed by atoms with Gasteiger partial charge in [-0.2, -0.15) is 4.98 Å². The summed E-state index contributed by atoms with van der Waals surface area (Å²) in [5.41, 5.74) is 0.777. The fraction of sp³-hybridized carbons (Fsp3) is 0.308. The Kier molecular flexibility index (Phi) is 4.35. The molecule has 0 radical (unpaired) electrons. The Morgan fingerprint density at radius 3 is 2.80 bits per heavy atom. The molecule has 0 aliphatic carbocycles. The first kappa shape index (κ1) is 14.9. The number of thioether (sulfide) groups is 1. The lowest BCUT2D eigenvalue weighted by molar-refractivity contribution is -0.137. The molecule has 0 saturated carbocycles. The molecule has 5 nitrogen and oxygen atoms in total. The van der Waals surface area contributed by atoms with E-state index in [9.17, 15) is 9.59 Å². The number of aromatic nitrogens is 2. The molecule has 106 valence electrons. The van der Waals surface area contributed by atoms with Gasteiger partial charge in [0.25, 0.3) is 0 Å². The van der Waals surface area contributed by atoms with Crippen molar-refractivity contribution in [3.05, 3.63) is 33.3 Å². The largest absolute Gasteiger partial charge is 0.481 e. The number of carboxylic acids is 1.